The minimum atomic E-state index is -0.807. The quantitative estimate of drug-likeness (QED) is 0.743. The molecule has 0 bridgehead atoms. The average molecular weight is 266 g/mol. The van der Waals surface area contributed by atoms with Crippen molar-refractivity contribution >= 4 is 0 Å². The lowest BCUT2D eigenvalue weighted by molar-refractivity contribution is 0.215. The minimum Gasteiger partial charge on any atom is -0.490 e. The highest BCUT2D eigenvalue weighted by atomic mass is 19.2. The Hall–Kier alpha value is -1.12. The summed E-state index contributed by atoms with van der Waals surface area (Å²) in [5.41, 5.74) is 0.523. The first-order valence-electron chi connectivity index (χ1n) is 7.36. The molecule has 0 radical (unpaired) electrons. The fraction of sp³-hybridized carbons (Fsp3) is 0.625. The lowest BCUT2D eigenvalue weighted by Crippen LogP contribution is -2.15. The molecule has 0 heterocycles. The third-order valence-electron chi connectivity index (χ3n) is 4.63. The number of rotatable bonds is 5. The van der Waals surface area contributed by atoms with Gasteiger partial charge in [0.25, 0.3) is 0 Å². The van der Waals surface area contributed by atoms with Gasteiger partial charge in [-0.1, -0.05) is 31.7 Å². The van der Waals surface area contributed by atoms with Gasteiger partial charge in [-0.05, 0) is 42.7 Å². The molecule has 1 aromatic carbocycles. The zero-order chi connectivity index (χ0) is 13.2. The molecule has 3 rings (SSSR count). The van der Waals surface area contributed by atoms with E-state index in [0.717, 1.165) is 31.6 Å². The van der Waals surface area contributed by atoms with Gasteiger partial charge in [0.2, 0.25) is 5.82 Å². The Bertz CT molecular complexity index is 450. The van der Waals surface area contributed by atoms with Crippen LogP contribution in [0.2, 0.25) is 0 Å². The maximum Gasteiger partial charge on any atom is 0.200 e. The second-order valence-electron chi connectivity index (χ2n) is 5.84. The summed E-state index contributed by atoms with van der Waals surface area (Å²) >= 11 is 0. The number of benzene rings is 1. The molecule has 0 atom stereocenters. The van der Waals surface area contributed by atoms with Crippen molar-refractivity contribution in [3.63, 3.8) is 0 Å². The van der Waals surface area contributed by atoms with E-state index in [1.165, 1.54) is 19.3 Å². The standard InChI is InChI=1S/C16H20F2O/c17-15-13(12-5-2-6-12)7-8-14(16(15)18)19-10-9-11-3-1-4-11/h7-8,11-12H,1-6,9-10H2. The van der Waals surface area contributed by atoms with Crippen molar-refractivity contribution in [3.05, 3.63) is 29.3 Å². The van der Waals surface area contributed by atoms with Gasteiger partial charge in [0.15, 0.2) is 11.6 Å². The highest BCUT2D eigenvalue weighted by Gasteiger charge is 2.26. The van der Waals surface area contributed by atoms with Crippen LogP contribution < -0.4 is 4.74 Å². The van der Waals surface area contributed by atoms with Crippen molar-refractivity contribution in [2.24, 2.45) is 5.92 Å². The van der Waals surface area contributed by atoms with Crippen molar-refractivity contribution in [3.8, 4) is 5.75 Å². The van der Waals surface area contributed by atoms with Crippen LogP contribution in [-0.2, 0) is 0 Å². The van der Waals surface area contributed by atoms with Gasteiger partial charge in [0.1, 0.15) is 0 Å². The van der Waals surface area contributed by atoms with Gasteiger partial charge in [0, 0.05) is 0 Å². The molecule has 1 nitrogen and oxygen atoms in total. The first-order valence-corrected chi connectivity index (χ1v) is 7.36. The third kappa shape index (κ3) is 2.60. The molecule has 0 amide bonds. The first-order chi connectivity index (χ1) is 9.25. The predicted octanol–water partition coefficient (Wildman–Crippen LogP) is 4.80. The molecular weight excluding hydrogens is 246 g/mol. The molecule has 0 N–H and O–H groups in total. The van der Waals surface area contributed by atoms with Crippen molar-refractivity contribution < 1.29 is 13.5 Å². The molecule has 0 aromatic heterocycles. The molecule has 0 aliphatic heterocycles. The highest BCUT2D eigenvalue weighted by molar-refractivity contribution is 5.33. The van der Waals surface area contributed by atoms with E-state index >= 15 is 0 Å². The van der Waals surface area contributed by atoms with Crippen LogP contribution in [0.5, 0.6) is 5.75 Å². The van der Waals surface area contributed by atoms with Gasteiger partial charge in [-0.15, -0.1) is 0 Å². The summed E-state index contributed by atoms with van der Waals surface area (Å²) in [6.07, 6.45) is 7.80. The molecule has 0 saturated heterocycles. The highest BCUT2D eigenvalue weighted by Crippen LogP contribution is 2.39. The Kier molecular flexibility index (Phi) is 3.72. The van der Waals surface area contributed by atoms with Crippen LogP contribution in [-0.4, -0.2) is 6.61 Å². The van der Waals surface area contributed by atoms with Crippen LogP contribution in [0, 0.1) is 17.6 Å². The van der Waals surface area contributed by atoms with Crippen LogP contribution in [0.4, 0.5) is 8.78 Å². The molecule has 104 valence electrons. The fourth-order valence-electron chi connectivity index (χ4n) is 2.81. The van der Waals surface area contributed by atoms with Crippen LogP contribution in [0.15, 0.2) is 12.1 Å². The summed E-state index contributed by atoms with van der Waals surface area (Å²) < 4.78 is 33.2. The van der Waals surface area contributed by atoms with E-state index in [2.05, 4.69) is 0 Å². The second-order valence-corrected chi connectivity index (χ2v) is 5.84. The van der Waals surface area contributed by atoms with Crippen molar-refractivity contribution in [1.29, 1.82) is 0 Å². The molecule has 2 saturated carbocycles. The zero-order valence-electron chi connectivity index (χ0n) is 11.1. The summed E-state index contributed by atoms with van der Waals surface area (Å²) in [5, 5.41) is 0. The Morgan fingerprint density at radius 1 is 1.00 bits per heavy atom. The predicted molar refractivity (Wildman–Crippen MR) is 70.4 cm³/mol. The van der Waals surface area contributed by atoms with Gasteiger partial charge in [-0.2, -0.15) is 4.39 Å². The van der Waals surface area contributed by atoms with Crippen LogP contribution >= 0.6 is 0 Å². The summed E-state index contributed by atoms with van der Waals surface area (Å²) in [7, 11) is 0. The van der Waals surface area contributed by atoms with Crippen LogP contribution in [0.3, 0.4) is 0 Å². The van der Waals surface area contributed by atoms with Gasteiger partial charge in [0.05, 0.1) is 6.61 Å². The molecule has 2 aliphatic rings. The number of hydrogen-bond donors (Lipinski definition) is 0. The molecule has 2 fully saturated rings. The van der Waals surface area contributed by atoms with E-state index in [-0.39, 0.29) is 11.7 Å². The van der Waals surface area contributed by atoms with Crippen molar-refractivity contribution in [1.82, 2.24) is 0 Å². The Labute approximate surface area is 113 Å². The van der Waals surface area contributed by atoms with E-state index in [0.29, 0.717) is 12.2 Å². The minimum absolute atomic E-state index is 0.0693. The lowest BCUT2D eigenvalue weighted by Gasteiger charge is -2.27. The van der Waals surface area contributed by atoms with Crippen molar-refractivity contribution in [2.75, 3.05) is 6.61 Å². The number of halogens is 2. The fourth-order valence-corrected chi connectivity index (χ4v) is 2.81. The summed E-state index contributed by atoms with van der Waals surface area (Å²) in [6, 6.07) is 3.29. The summed E-state index contributed by atoms with van der Waals surface area (Å²) in [5.74, 6) is -0.510. The van der Waals surface area contributed by atoms with E-state index in [1.54, 1.807) is 12.1 Å². The summed E-state index contributed by atoms with van der Waals surface area (Å²) in [6.45, 7) is 0.490. The Morgan fingerprint density at radius 2 is 1.74 bits per heavy atom. The zero-order valence-corrected chi connectivity index (χ0v) is 11.1. The average Bonchev–Trinajstić information content (AvgIpc) is 2.28. The molecule has 0 spiro atoms. The molecule has 19 heavy (non-hydrogen) atoms. The Balaban J connectivity index is 1.62. The van der Waals surface area contributed by atoms with Crippen LogP contribution in [0.1, 0.15) is 56.4 Å². The maximum absolute atomic E-state index is 13.9. The van der Waals surface area contributed by atoms with Crippen molar-refractivity contribution in [2.45, 2.75) is 50.9 Å². The summed E-state index contributed by atoms with van der Waals surface area (Å²) in [4.78, 5) is 0. The molecule has 1 aromatic rings. The lowest BCUT2D eigenvalue weighted by atomic mass is 9.80. The molecular formula is C16H20F2O. The largest absolute Gasteiger partial charge is 0.490 e. The molecule has 0 unspecified atom stereocenters. The number of hydrogen-bond acceptors (Lipinski definition) is 1. The van der Waals surface area contributed by atoms with Gasteiger partial charge >= 0.3 is 0 Å². The Morgan fingerprint density at radius 3 is 2.32 bits per heavy atom. The maximum atomic E-state index is 13.9. The molecule has 3 heteroatoms. The van der Waals surface area contributed by atoms with E-state index in [9.17, 15) is 8.78 Å². The number of ether oxygens (including phenoxy) is 1. The van der Waals surface area contributed by atoms with E-state index in [4.69, 9.17) is 4.74 Å². The normalized spacial score (nSPS) is 19.9. The third-order valence-corrected chi connectivity index (χ3v) is 4.63. The monoisotopic (exact) mass is 266 g/mol. The van der Waals surface area contributed by atoms with Gasteiger partial charge < -0.3 is 4.74 Å². The van der Waals surface area contributed by atoms with Crippen LogP contribution in [0.25, 0.3) is 0 Å². The van der Waals surface area contributed by atoms with Gasteiger partial charge in [-0.25, -0.2) is 4.39 Å². The smallest absolute Gasteiger partial charge is 0.200 e. The SMILES string of the molecule is Fc1c(OCCC2CCC2)ccc(C2CCC2)c1F. The topological polar surface area (TPSA) is 9.23 Å². The van der Waals surface area contributed by atoms with E-state index < -0.39 is 11.6 Å². The van der Waals surface area contributed by atoms with Gasteiger partial charge in [-0.3, -0.25) is 0 Å². The van der Waals surface area contributed by atoms with E-state index in [1.807, 2.05) is 0 Å². The first kappa shape index (κ1) is 12.9. The molecule has 2 aliphatic carbocycles. The second kappa shape index (κ2) is 5.48.